The Hall–Kier alpha value is -6.50. The minimum atomic E-state index is 1.22. The van der Waals surface area contributed by atoms with Gasteiger partial charge in [-0.3, -0.25) is 0 Å². The molecule has 0 unspecified atom stereocenters. The van der Waals surface area contributed by atoms with Gasteiger partial charge in [-0.1, -0.05) is 176 Å². The van der Waals surface area contributed by atoms with E-state index in [-0.39, 0.29) is 0 Å². The molecule has 10 rings (SSSR count). The van der Waals surface area contributed by atoms with Crippen molar-refractivity contribution in [3.05, 3.63) is 194 Å². The van der Waals surface area contributed by atoms with Crippen LogP contribution in [0.2, 0.25) is 0 Å². The number of benzene rings is 10. The zero-order valence-corrected chi connectivity index (χ0v) is 27.5. The van der Waals surface area contributed by atoms with E-state index in [9.17, 15) is 0 Å². The molecule has 0 bridgehead atoms. The van der Waals surface area contributed by atoms with E-state index in [1.807, 2.05) is 0 Å². The lowest BCUT2D eigenvalue weighted by atomic mass is 9.81. The van der Waals surface area contributed by atoms with Crippen LogP contribution in [0.5, 0.6) is 0 Å². The first-order chi connectivity index (χ1) is 24.8. The van der Waals surface area contributed by atoms with E-state index in [0.29, 0.717) is 0 Å². The summed E-state index contributed by atoms with van der Waals surface area (Å²) in [6, 6.07) is 71.4. The fourth-order valence-corrected chi connectivity index (χ4v) is 8.13. The molecule has 0 fully saturated rings. The predicted octanol–water partition coefficient (Wildman–Crippen LogP) is 14.1. The smallest absolute Gasteiger partial charge is 0.00197 e. The molecule has 232 valence electrons. The Labute approximate surface area is 291 Å². The summed E-state index contributed by atoms with van der Waals surface area (Å²) in [5.41, 5.74) is 9.94. The van der Waals surface area contributed by atoms with Gasteiger partial charge in [-0.25, -0.2) is 0 Å². The van der Waals surface area contributed by atoms with E-state index >= 15 is 0 Å². The Morgan fingerprint density at radius 2 is 0.680 bits per heavy atom. The summed E-state index contributed by atoms with van der Waals surface area (Å²) in [4.78, 5) is 0. The molecule has 0 radical (unpaired) electrons. The third kappa shape index (κ3) is 4.54. The first-order valence-electron chi connectivity index (χ1n) is 17.4. The average Bonchev–Trinajstić information content (AvgIpc) is 3.20. The van der Waals surface area contributed by atoms with E-state index < -0.39 is 0 Å². The van der Waals surface area contributed by atoms with Crippen LogP contribution in [-0.2, 0) is 0 Å². The van der Waals surface area contributed by atoms with Gasteiger partial charge in [0.2, 0.25) is 0 Å². The Morgan fingerprint density at radius 3 is 1.32 bits per heavy atom. The minimum Gasteiger partial charge on any atom is -0.0622 e. The van der Waals surface area contributed by atoms with Crippen LogP contribution in [0.1, 0.15) is 0 Å². The number of hydrogen-bond acceptors (Lipinski definition) is 0. The molecule has 0 aliphatic rings. The van der Waals surface area contributed by atoms with E-state index in [0.717, 1.165) is 0 Å². The van der Waals surface area contributed by atoms with Crippen LogP contribution in [0, 0.1) is 0 Å². The summed E-state index contributed by atoms with van der Waals surface area (Å²) in [5.74, 6) is 0. The van der Waals surface area contributed by atoms with Gasteiger partial charge >= 0.3 is 0 Å². The molecule has 0 aromatic heterocycles. The van der Waals surface area contributed by atoms with Crippen molar-refractivity contribution >= 4 is 53.9 Å². The highest BCUT2D eigenvalue weighted by molar-refractivity contribution is 6.27. The van der Waals surface area contributed by atoms with Gasteiger partial charge in [0.1, 0.15) is 0 Å². The normalized spacial score (nSPS) is 11.6. The van der Waals surface area contributed by atoms with Crippen molar-refractivity contribution in [2.45, 2.75) is 0 Å². The second kappa shape index (κ2) is 11.6. The van der Waals surface area contributed by atoms with Crippen molar-refractivity contribution in [2.24, 2.45) is 0 Å². The van der Waals surface area contributed by atoms with E-state index in [1.54, 1.807) is 0 Å². The van der Waals surface area contributed by atoms with Crippen molar-refractivity contribution < 1.29 is 0 Å². The van der Waals surface area contributed by atoms with Gasteiger partial charge in [-0.2, -0.15) is 0 Å². The van der Waals surface area contributed by atoms with Crippen molar-refractivity contribution in [3.8, 4) is 44.5 Å². The maximum atomic E-state index is 2.43. The molecule has 50 heavy (non-hydrogen) atoms. The topological polar surface area (TPSA) is 0 Å². The molecule has 0 aliphatic carbocycles. The van der Waals surface area contributed by atoms with Crippen molar-refractivity contribution in [2.75, 3.05) is 0 Å². The molecular formula is C50H32. The molecule has 0 heterocycles. The monoisotopic (exact) mass is 632 g/mol. The van der Waals surface area contributed by atoms with Crippen molar-refractivity contribution in [1.82, 2.24) is 0 Å². The largest absolute Gasteiger partial charge is 0.0622 e. The van der Waals surface area contributed by atoms with Crippen LogP contribution < -0.4 is 0 Å². The number of hydrogen-bond donors (Lipinski definition) is 0. The van der Waals surface area contributed by atoms with Gasteiger partial charge in [-0.15, -0.1) is 0 Å². The average molecular weight is 633 g/mol. The minimum absolute atomic E-state index is 1.22. The van der Waals surface area contributed by atoms with Gasteiger partial charge in [0.15, 0.2) is 0 Å². The Bertz CT molecular complexity index is 2890. The highest BCUT2D eigenvalue weighted by atomic mass is 14.2. The maximum absolute atomic E-state index is 2.43. The quantitative estimate of drug-likeness (QED) is 0.134. The Balaban J connectivity index is 1.43. The number of rotatable bonds is 4. The summed E-state index contributed by atoms with van der Waals surface area (Å²) in [5, 5.41) is 12.6. The molecule has 0 nitrogen and oxygen atoms in total. The highest BCUT2D eigenvalue weighted by Crippen LogP contribution is 2.49. The second-order valence-electron chi connectivity index (χ2n) is 13.2. The third-order valence-corrected chi connectivity index (χ3v) is 10.4. The summed E-state index contributed by atoms with van der Waals surface area (Å²) < 4.78 is 0. The lowest BCUT2D eigenvalue weighted by molar-refractivity contribution is 1.63. The zero-order chi connectivity index (χ0) is 33.0. The van der Waals surface area contributed by atoms with E-state index in [4.69, 9.17) is 0 Å². The molecule has 0 heteroatoms. The van der Waals surface area contributed by atoms with Crippen LogP contribution in [0.15, 0.2) is 194 Å². The van der Waals surface area contributed by atoms with Gasteiger partial charge in [0, 0.05) is 0 Å². The molecule has 10 aromatic rings. The number of fused-ring (bicyclic) bond motifs is 6. The first kappa shape index (κ1) is 28.5. The summed E-state index contributed by atoms with van der Waals surface area (Å²) in [6.45, 7) is 0. The van der Waals surface area contributed by atoms with Crippen LogP contribution in [0.25, 0.3) is 98.4 Å². The van der Waals surface area contributed by atoms with Crippen LogP contribution in [0.3, 0.4) is 0 Å². The standard InChI is InChI=1S/C50H32/c1-3-14-33(15-4-1)36-27-29-45-47(30-36)49(43-25-13-20-35-18-7-9-21-39(35)43)44-28-26-37(34-16-5-2-6-17-34)31-48(44)50(45)46-32-38-19-8-10-22-40(38)41-23-11-12-24-42(41)46/h1-32H. The van der Waals surface area contributed by atoms with Crippen molar-refractivity contribution in [1.29, 1.82) is 0 Å². The lowest BCUT2D eigenvalue weighted by Gasteiger charge is -2.22. The van der Waals surface area contributed by atoms with Crippen LogP contribution in [-0.4, -0.2) is 0 Å². The molecule has 0 spiro atoms. The zero-order valence-electron chi connectivity index (χ0n) is 27.5. The molecule has 0 atom stereocenters. The van der Waals surface area contributed by atoms with Gasteiger partial charge in [-0.05, 0) is 117 Å². The fraction of sp³-hybridized carbons (Fsp3) is 0. The first-order valence-corrected chi connectivity index (χ1v) is 17.4. The van der Waals surface area contributed by atoms with Crippen LogP contribution in [0.4, 0.5) is 0 Å². The van der Waals surface area contributed by atoms with E-state index in [1.165, 1.54) is 98.4 Å². The van der Waals surface area contributed by atoms with Gasteiger partial charge in [0.25, 0.3) is 0 Å². The van der Waals surface area contributed by atoms with E-state index in [2.05, 4.69) is 194 Å². The summed E-state index contributed by atoms with van der Waals surface area (Å²) >= 11 is 0. The molecule has 0 amide bonds. The molecule has 10 aromatic carbocycles. The summed E-state index contributed by atoms with van der Waals surface area (Å²) in [6.07, 6.45) is 0. The molecule has 0 N–H and O–H groups in total. The third-order valence-electron chi connectivity index (χ3n) is 10.4. The Morgan fingerprint density at radius 1 is 0.200 bits per heavy atom. The lowest BCUT2D eigenvalue weighted by Crippen LogP contribution is -1.94. The van der Waals surface area contributed by atoms with Crippen molar-refractivity contribution in [3.63, 3.8) is 0 Å². The molecule has 0 saturated carbocycles. The second-order valence-corrected chi connectivity index (χ2v) is 13.2. The molecule has 0 saturated heterocycles. The van der Waals surface area contributed by atoms with Gasteiger partial charge in [0.05, 0.1) is 0 Å². The molecule has 0 aliphatic heterocycles. The van der Waals surface area contributed by atoms with Crippen LogP contribution >= 0.6 is 0 Å². The van der Waals surface area contributed by atoms with Gasteiger partial charge < -0.3 is 0 Å². The fourth-order valence-electron chi connectivity index (χ4n) is 8.13. The molecular weight excluding hydrogens is 601 g/mol. The Kier molecular flexibility index (Phi) is 6.60. The maximum Gasteiger partial charge on any atom is -0.00197 e. The summed E-state index contributed by atoms with van der Waals surface area (Å²) in [7, 11) is 0. The predicted molar refractivity (Wildman–Crippen MR) is 216 cm³/mol. The highest BCUT2D eigenvalue weighted by Gasteiger charge is 2.21. The SMILES string of the molecule is c1ccc(-c2ccc3c(-c4cc5ccccc5c5ccccc45)c4cc(-c5ccccc5)ccc4c(-c4cccc5ccccc45)c3c2)cc1.